The Labute approximate surface area is 116 Å². The first-order valence-electron chi connectivity index (χ1n) is 6.91. The summed E-state index contributed by atoms with van der Waals surface area (Å²) in [6.07, 6.45) is 4.68. The molecule has 6 heteroatoms. The van der Waals surface area contributed by atoms with Crippen LogP contribution in [0.4, 0.5) is 11.4 Å². The second-order valence-corrected chi connectivity index (χ2v) is 5.70. The van der Waals surface area contributed by atoms with Gasteiger partial charge in [0.15, 0.2) is 0 Å². The Morgan fingerprint density at radius 2 is 1.90 bits per heavy atom. The van der Waals surface area contributed by atoms with Crippen molar-refractivity contribution < 1.29 is 9.72 Å². The van der Waals surface area contributed by atoms with Crippen molar-refractivity contribution in [1.82, 2.24) is 5.32 Å². The molecule has 3 rings (SSSR count). The van der Waals surface area contributed by atoms with Gasteiger partial charge in [0.2, 0.25) is 0 Å². The molecule has 2 aliphatic carbocycles. The van der Waals surface area contributed by atoms with Crippen LogP contribution in [0, 0.1) is 22.0 Å². The van der Waals surface area contributed by atoms with Crippen molar-refractivity contribution in [3.05, 3.63) is 33.9 Å². The largest absolute Gasteiger partial charge is 0.393 e. The van der Waals surface area contributed by atoms with Gasteiger partial charge in [-0.1, -0.05) is 0 Å². The van der Waals surface area contributed by atoms with Gasteiger partial charge in [-0.15, -0.1) is 0 Å². The van der Waals surface area contributed by atoms with Gasteiger partial charge in [0.05, 0.1) is 4.92 Å². The lowest BCUT2D eigenvalue weighted by atomic mass is 10.1. The van der Waals surface area contributed by atoms with E-state index in [1.54, 1.807) is 0 Å². The summed E-state index contributed by atoms with van der Waals surface area (Å²) < 4.78 is 0. The summed E-state index contributed by atoms with van der Waals surface area (Å²) in [4.78, 5) is 22.5. The maximum Gasteiger partial charge on any atom is 0.292 e. The SMILES string of the molecule is Nc1ccc(C(=O)NC(C2CC2)C2CC2)cc1[N+](=O)[O-]. The summed E-state index contributed by atoms with van der Waals surface area (Å²) in [5.74, 6) is 0.947. The normalized spacial score (nSPS) is 18.1. The molecule has 0 spiro atoms. The quantitative estimate of drug-likeness (QED) is 0.488. The molecule has 106 valence electrons. The Morgan fingerprint density at radius 3 is 2.40 bits per heavy atom. The first kappa shape index (κ1) is 12.9. The predicted molar refractivity (Wildman–Crippen MR) is 74.2 cm³/mol. The number of carbonyl (C=O) groups is 1. The number of nitrogens with two attached hydrogens (primary N) is 1. The van der Waals surface area contributed by atoms with Crippen molar-refractivity contribution in [2.45, 2.75) is 31.7 Å². The third-order valence-corrected chi connectivity index (χ3v) is 4.05. The van der Waals surface area contributed by atoms with E-state index in [-0.39, 0.29) is 23.3 Å². The lowest BCUT2D eigenvalue weighted by molar-refractivity contribution is -0.383. The van der Waals surface area contributed by atoms with Crippen LogP contribution in [0.15, 0.2) is 18.2 Å². The molecule has 0 bridgehead atoms. The van der Waals surface area contributed by atoms with Crippen molar-refractivity contribution in [3.63, 3.8) is 0 Å². The van der Waals surface area contributed by atoms with E-state index in [9.17, 15) is 14.9 Å². The highest BCUT2D eigenvalue weighted by Crippen LogP contribution is 2.44. The molecule has 0 atom stereocenters. The highest BCUT2D eigenvalue weighted by Gasteiger charge is 2.42. The van der Waals surface area contributed by atoms with Crippen LogP contribution < -0.4 is 11.1 Å². The Balaban J connectivity index is 1.76. The van der Waals surface area contributed by atoms with Crippen LogP contribution in [-0.4, -0.2) is 16.9 Å². The zero-order valence-electron chi connectivity index (χ0n) is 11.0. The maximum atomic E-state index is 12.2. The zero-order valence-corrected chi connectivity index (χ0v) is 11.0. The van der Waals surface area contributed by atoms with Crippen molar-refractivity contribution in [2.24, 2.45) is 11.8 Å². The number of anilines is 1. The van der Waals surface area contributed by atoms with Crippen LogP contribution >= 0.6 is 0 Å². The molecule has 0 saturated heterocycles. The second-order valence-electron chi connectivity index (χ2n) is 5.70. The fourth-order valence-electron chi connectivity index (χ4n) is 2.61. The van der Waals surface area contributed by atoms with Gasteiger partial charge in [-0.25, -0.2) is 0 Å². The Bertz CT molecular complexity index is 553. The van der Waals surface area contributed by atoms with E-state index in [0.29, 0.717) is 17.4 Å². The summed E-state index contributed by atoms with van der Waals surface area (Å²) in [6.45, 7) is 0. The first-order valence-corrected chi connectivity index (χ1v) is 6.91. The van der Waals surface area contributed by atoms with Gasteiger partial charge in [-0.3, -0.25) is 14.9 Å². The van der Waals surface area contributed by atoms with E-state index >= 15 is 0 Å². The van der Waals surface area contributed by atoms with Gasteiger partial charge in [0.25, 0.3) is 11.6 Å². The smallest absolute Gasteiger partial charge is 0.292 e. The Hall–Kier alpha value is -2.11. The molecule has 0 aromatic heterocycles. The minimum absolute atomic E-state index is 0.0764. The van der Waals surface area contributed by atoms with Crippen LogP contribution in [-0.2, 0) is 0 Å². The van der Waals surface area contributed by atoms with Gasteiger partial charge in [-0.2, -0.15) is 0 Å². The molecule has 1 amide bonds. The third kappa shape index (κ3) is 2.59. The summed E-state index contributed by atoms with van der Waals surface area (Å²) in [7, 11) is 0. The second kappa shape index (κ2) is 4.77. The monoisotopic (exact) mass is 275 g/mol. The number of benzene rings is 1. The maximum absolute atomic E-state index is 12.2. The van der Waals surface area contributed by atoms with Crippen LogP contribution in [0.5, 0.6) is 0 Å². The van der Waals surface area contributed by atoms with Crippen LogP contribution in [0.3, 0.4) is 0 Å². The molecule has 2 aliphatic rings. The molecular weight excluding hydrogens is 258 g/mol. The van der Waals surface area contributed by atoms with Crippen molar-refractivity contribution in [2.75, 3.05) is 5.73 Å². The standard InChI is InChI=1S/C14H17N3O3/c15-11-6-5-10(7-12(11)17(19)20)14(18)16-13(8-1-2-8)9-3-4-9/h5-9,13H,1-4,15H2,(H,16,18). The molecule has 2 fully saturated rings. The number of rotatable bonds is 5. The summed E-state index contributed by atoms with van der Waals surface area (Å²) in [5.41, 5.74) is 5.70. The molecule has 20 heavy (non-hydrogen) atoms. The first-order chi connectivity index (χ1) is 9.56. The number of amides is 1. The predicted octanol–water partition coefficient (Wildman–Crippen LogP) is 2.10. The van der Waals surface area contributed by atoms with Crippen molar-refractivity contribution >= 4 is 17.3 Å². The summed E-state index contributed by atoms with van der Waals surface area (Å²) in [5, 5.41) is 13.9. The molecule has 0 heterocycles. The van der Waals surface area contributed by atoms with Crippen LogP contribution in [0.25, 0.3) is 0 Å². The number of hydrogen-bond donors (Lipinski definition) is 2. The molecule has 1 aromatic carbocycles. The van der Waals surface area contributed by atoms with E-state index in [1.807, 2.05) is 0 Å². The minimum Gasteiger partial charge on any atom is -0.393 e. The molecule has 6 nitrogen and oxygen atoms in total. The van der Waals surface area contributed by atoms with Gasteiger partial charge >= 0.3 is 0 Å². The average Bonchev–Trinajstić information content (AvgIpc) is 3.28. The number of nitrogens with one attached hydrogen (secondary N) is 1. The number of nitro benzene ring substituents is 1. The van der Waals surface area contributed by atoms with E-state index in [4.69, 9.17) is 5.73 Å². The van der Waals surface area contributed by atoms with E-state index < -0.39 is 4.92 Å². The van der Waals surface area contributed by atoms with E-state index in [0.717, 1.165) is 0 Å². The number of nitrogens with zero attached hydrogens (tertiary/aromatic N) is 1. The van der Waals surface area contributed by atoms with Gasteiger partial charge in [-0.05, 0) is 49.7 Å². The fraction of sp³-hybridized carbons (Fsp3) is 0.500. The van der Waals surface area contributed by atoms with E-state index in [1.165, 1.54) is 43.9 Å². The molecule has 2 saturated carbocycles. The highest BCUT2D eigenvalue weighted by atomic mass is 16.6. The Morgan fingerprint density at radius 1 is 1.30 bits per heavy atom. The lowest BCUT2D eigenvalue weighted by Gasteiger charge is -2.17. The average molecular weight is 275 g/mol. The number of nitro groups is 1. The van der Waals surface area contributed by atoms with Gasteiger partial charge < -0.3 is 11.1 Å². The van der Waals surface area contributed by atoms with E-state index in [2.05, 4.69) is 5.32 Å². The highest BCUT2D eigenvalue weighted by molar-refractivity contribution is 5.95. The van der Waals surface area contributed by atoms with Gasteiger partial charge in [0, 0.05) is 17.7 Å². The zero-order chi connectivity index (χ0) is 14.3. The Kier molecular flexibility index (Phi) is 3.08. The molecule has 0 radical (unpaired) electrons. The van der Waals surface area contributed by atoms with Crippen LogP contribution in [0.1, 0.15) is 36.0 Å². The number of hydrogen-bond acceptors (Lipinski definition) is 4. The summed E-state index contributed by atoms with van der Waals surface area (Å²) in [6, 6.07) is 4.44. The topological polar surface area (TPSA) is 98.3 Å². The molecule has 3 N–H and O–H groups in total. The van der Waals surface area contributed by atoms with Crippen molar-refractivity contribution in [1.29, 1.82) is 0 Å². The van der Waals surface area contributed by atoms with Crippen molar-refractivity contribution in [3.8, 4) is 0 Å². The summed E-state index contributed by atoms with van der Waals surface area (Å²) >= 11 is 0. The number of nitrogen functional groups attached to an aromatic ring is 1. The lowest BCUT2D eigenvalue weighted by Crippen LogP contribution is -2.38. The number of carbonyl (C=O) groups excluding carboxylic acids is 1. The fourth-order valence-corrected chi connectivity index (χ4v) is 2.61. The molecule has 0 unspecified atom stereocenters. The minimum atomic E-state index is -0.564. The van der Waals surface area contributed by atoms with Crippen LogP contribution in [0.2, 0.25) is 0 Å². The van der Waals surface area contributed by atoms with Gasteiger partial charge in [0.1, 0.15) is 5.69 Å². The molecular formula is C14H17N3O3. The molecule has 0 aliphatic heterocycles. The molecule has 1 aromatic rings. The third-order valence-electron chi connectivity index (χ3n) is 4.05.